The summed E-state index contributed by atoms with van der Waals surface area (Å²) in [6, 6.07) is 6.81. The molecular weight excluding hydrogens is 300 g/mol. The summed E-state index contributed by atoms with van der Waals surface area (Å²) >= 11 is 3.75. The van der Waals surface area contributed by atoms with Crippen LogP contribution in [0.15, 0.2) is 22.7 Å². The quantitative estimate of drug-likeness (QED) is 0.789. The molecule has 0 aliphatic heterocycles. The van der Waals surface area contributed by atoms with Gasteiger partial charge in [-0.1, -0.05) is 54.2 Å². The molecule has 0 saturated heterocycles. The van der Waals surface area contributed by atoms with Crippen molar-refractivity contribution >= 4 is 15.9 Å². The van der Waals surface area contributed by atoms with Gasteiger partial charge in [0, 0.05) is 4.47 Å². The molecule has 0 aromatic heterocycles. The molecule has 106 valence electrons. The SMILES string of the molecule is CC(O)CC(C)c1ccc(C2CCCCC2)c(Br)c1. The molecule has 2 rings (SSSR count). The number of aliphatic hydroxyl groups excluding tert-OH is 1. The number of aliphatic hydroxyl groups is 1. The summed E-state index contributed by atoms with van der Waals surface area (Å²) in [6.45, 7) is 4.05. The average Bonchev–Trinajstić information content (AvgIpc) is 2.38. The Morgan fingerprint density at radius 2 is 1.89 bits per heavy atom. The van der Waals surface area contributed by atoms with Crippen molar-refractivity contribution < 1.29 is 5.11 Å². The van der Waals surface area contributed by atoms with Crippen LogP contribution >= 0.6 is 15.9 Å². The number of rotatable bonds is 4. The Morgan fingerprint density at radius 1 is 1.21 bits per heavy atom. The fourth-order valence-electron chi connectivity index (χ4n) is 3.24. The van der Waals surface area contributed by atoms with Gasteiger partial charge in [0.05, 0.1) is 6.10 Å². The van der Waals surface area contributed by atoms with Crippen molar-refractivity contribution in [1.29, 1.82) is 0 Å². The molecule has 1 aromatic rings. The van der Waals surface area contributed by atoms with Gasteiger partial charge in [-0.05, 0) is 55.2 Å². The number of halogens is 1. The third-order valence-corrected chi connectivity index (χ3v) is 5.02. The Bertz CT molecular complexity index is 408. The summed E-state index contributed by atoms with van der Waals surface area (Å²) < 4.78 is 1.26. The molecule has 2 atom stereocenters. The number of benzene rings is 1. The van der Waals surface area contributed by atoms with E-state index in [4.69, 9.17) is 0 Å². The topological polar surface area (TPSA) is 20.2 Å². The zero-order chi connectivity index (χ0) is 13.8. The maximum Gasteiger partial charge on any atom is 0.0517 e. The molecular formula is C17H25BrO. The zero-order valence-corrected chi connectivity index (χ0v) is 13.6. The third kappa shape index (κ3) is 4.06. The molecule has 0 spiro atoms. The second-order valence-electron chi connectivity index (χ2n) is 6.10. The molecule has 0 bridgehead atoms. The second-order valence-corrected chi connectivity index (χ2v) is 6.96. The summed E-state index contributed by atoms with van der Waals surface area (Å²) in [4.78, 5) is 0. The highest BCUT2D eigenvalue weighted by Crippen LogP contribution is 2.37. The first-order chi connectivity index (χ1) is 9.08. The van der Waals surface area contributed by atoms with E-state index in [2.05, 4.69) is 41.1 Å². The smallest absolute Gasteiger partial charge is 0.0517 e. The molecule has 2 heteroatoms. The second kappa shape index (κ2) is 6.90. The van der Waals surface area contributed by atoms with Gasteiger partial charge < -0.3 is 5.11 Å². The minimum Gasteiger partial charge on any atom is -0.393 e. The lowest BCUT2D eigenvalue weighted by Crippen LogP contribution is -2.08. The number of hydrogen-bond acceptors (Lipinski definition) is 1. The van der Waals surface area contributed by atoms with Gasteiger partial charge in [-0.25, -0.2) is 0 Å². The summed E-state index contributed by atoms with van der Waals surface area (Å²) in [6.07, 6.45) is 7.41. The van der Waals surface area contributed by atoms with Gasteiger partial charge in [0.25, 0.3) is 0 Å². The van der Waals surface area contributed by atoms with E-state index in [1.165, 1.54) is 47.7 Å². The van der Waals surface area contributed by atoms with Crippen molar-refractivity contribution in [3.63, 3.8) is 0 Å². The molecule has 1 aliphatic carbocycles. The van der Waals surface area contributed by atoms with E-state index in [0.29, 0.717) is 5.92 Å². The molecule has 2 unspecified atom stereocenters. The van der Waals surface area contributed by atoms with Crippen molar-refractivity contribution in [1.82, 2.24) is 0 Å². The van der Waals surface area contributed by atoms with Crippen LogP contribution in [0.5, 0.6) is 0 Å². The normalized spacial score (nSPS) is 20.2. The van der Waals surface area contributed by atoms with Gasteiger partial charge in [0.1, 0.15) is 0 Å². The number of hydrogen-bond donors (Lipinski definition) is 1. The Hall–Kier alpha value is -0.340. The Labute approximate surface area is 125 Å². The van der Waals surface area contributed by atoms with E-state index in [1.54, 1.807) is 0 Å². The average molecular weight is 325 g/mol. The fraction of sp³-hybridized carbons (Fsp3) is 0.647. The van der Waals surface area contributed by atoms with Crippen LogP contribution in [0.25, 0.3) is 0 Å². The third-order valence-electron chi connectivity index (χ3n) is 4.33. The first-order valence-electron chi connectivity index (χ1n) is 7.55. The van der Waals surface area contributed by atoms with Crippen molar-refractivity contribution in [3.05, 3.63) is 33.8 Å². The molecule has 1 saturated carbocycles. The minimum absolute atomic E-state index is 0.230. The van der Waals surface area contributed by atoms with Gasteiger partial charge >= 0.3 is 0 Å². The van der Waals surface area contributed by atoms with Crippen LogP contribution in [0.4, 0.5) is 0 Å². The molecule has 1 nitrogen and oxygen atoms in total. The van der Waals surface area contributed by atoms with E-state index in [-0.39, 0.29) is 6.10 Å². The maximum atomic E-state index is 9.50. The van der Waals surface area contributed by atoms with E-state index in [9.17, 15) is 5.11 Å². The summed E-state index contributed by atoms with van der Waals surface area (Å²) in [5.74, 6) is 1.15. The highest BCUT2D eigenvalue weighted by atomic mass is 79.9. The predicted octanol–water partition coefficient (Wildman–Crippen LogP) is 5.37. The lowest BCUT2D eigenvalue weighted by molar-refractivity contribution is 0.176. The Morgan fingerprint density at radius 3 is 2.47 bits per heavy atom. The molecule has 0 amide bonds. The van der Waals surface area contributed by atoms with Crippen LogP contribution in [-0.2, 0) is 0 Å². The van der Waals surface area contributed by atoms with Gasteiger partial charge in [-0.15, -0.1) is 0 Å². The standard InChI is InChI=1S/C17H25BrO/c1-12(10-13(2)19)15-8-9-16(17(18)11-15)14-6-4-3-5-7-14/h8-9,11-14,19H,3-7,10H2,1-2H3. The molecule has 19 heavy (non-hydrogen) atoms. The van der Waals surface area contributed by atoms with Crippen molar-refractivity contribution in [2.24, 2.45) is 0 Å². The van der Waals surface area contributed by atoms with E-state index in [0.717, 1.165) is 12.3 Å². The van der Waals surface area contributed by atoms with E-state index >= 15 is 0 Å². The lowest BCUT2D eigenvalue weighted by atomic mass is 9.83. The molecule has 1 fully saturated rings. The maximum absolute atomic E-state index is 9.50. The van der Waals surface area contributed by atoms with Crippen LogP contribution in [0.3, 0.4) is 0 Å². The van der Waals surface area contributed by atoms with Crippen LogP contribution in [0.2, 0.25) is 0 Å². The van der Waals surface area contributed by atoms with Crippen molar-refractivity contribution in [2.75, 3.05) is 0 Å². The first kappa shape index (κ1) is 15.1. The molecule has 1 N–H and O–H groups in total. The van der Waals surface area contributed by atoms with Crippen LogP contribution in [0, 0.1) is 0 Å². The van der Waals surface area contributed by atoms with E-state index < -0.39 is 0 Å². The van der Waals surface area contributed by atoms with Crippen molar-refractivity contribution in [3.8, 4) is 0 Å². The van der Waals surface area contributed by atoms with Gasteiger partial charge in [0.15, 0.2) is 0 Å². The minimum atomic E-state index is -0.230. The Balaban J connectivity index is 2.12. The zero-order valence-electron chi connectivity index (χ0n) is 12.0. The summed E-state index contributed by atoms with van der Waals surface area (Å²) in [5.41, 5.74) is 2.81. The molecule has 0 heterocycles. The first-order valence-corrected chi connectivity index (χ1v) is 8.34. The predicted molar refractivity (Wildman–Crippen MR) is 84.7 cm³/mol. The summed E-state index contributed by atoms with van der Waals surface area (Å²) in [5, 5.41) is 9.50. The highest BCUT2D eigenvalue weighted by Gasteiger charge is 2.18. The van der Waals surface area contributed by atoms with Crippen molar-refractivity contribution in [2.45, 2.75) is 70.3 Å². The van der Waals surface area contributed by atoms with E-state index in [1.807, 2.05) is 6.92 Å². The molecule has 0 radical (unpaired) electrons. The Kier molecular flexibility index (Phi) is 5.47. The molecule has 1 aromatic carbocycles. The monoisotopic (exact) mass is 324 g/mol. The van der Waals surface area contributed by atoms with Gasteiger partial charge in [-0.2, -0.15) is 0 Å². The summed E-state index contributed by atoms with van der Waals surface area (Å²) in [7, 11) is 0. The highest BCUT2D eigenvalue weighted by molar-refractivity contribution is 9.10. The van der Waals surface area contributed by atoms with Gasteiger partial charge in [-0.3, -0.25) is 0 Å². The van der Waals surface area contributed by atoms with Gasteiger partial charge in [0.2, 0.25) is 0 Å². The van der Waals surface area contributed by atoms with Crippen LogP contribution in [0.1, 0.15) is 75.3 Å². The largest absolute Gasteiger partial charge is 0.393 e. The van der Waals surface area contributed by atoms with Crippen LogP contribution in [-0.4, -0.2) is 11.2 Å². The van der Waals surface area contributed by atoms with Crippen LogP contribution < -0.4 is 0 Å². The lowest BCUT2D eigenvalue weighted by Gasteiger charge is -2.24. The molecule has 1 aliphatic rings. The fourth-order valence-corrected chi connectivity index (χ4v) is 3.96.